The standard InChI is InChI=1S/C28H35BrN2O5/c1-28(2,3)36-27(33)31-22-11-9-21(10-12-22)30-26(32)35-25-16-24(25)19-7-13-23(14-8-19)34-17-18-5-4-6-20(29)15-18/h4-8,13-15,21-22,24-25H,9-12,16-17H2,1-3H3,(H,30,32)(H,31,33). The average Bonchev–Trinajstić information content (AvgIpc) is 3.57. The quantitative estimate of drug-likeness (QED) is 0.408. The molecule has 4 rings (SSSR count). The third-order valence-electron chi connectivity index (χ3n) is 6.36. The van der Waals surface area contributed by atoms with Gasteiger partial charge in [0.15, 0.2) is 0 Å². The first kappa shape index (κ1) is 26.3. The maximum Gasteiger partial charge on any atom is 0.407 e. The van der Waals surface area contributed by atoms with Gasteiger partial charge in [-0.2, -0.15) is 0 Å². The summed E-state index contributed by atoms with van der Waals surface area (Å²) in [5, 5.41) is 5.91. The van der Waals surface area contributed by atoms with Gasteiger partial charge < -0.3 is 24.8 Å². The molecule has 0 saturated heterocycles. The lowest BCUT2D eigenvalue weighted by Gasteiger charge is -2.30. The Morgan fingerprint density at radius 1 is 0.944 bits per heavy atom. The number of benzene rings is 2. The van der Waals surface area contributed by atoms with Crippen LogP contribution in [0, 0.1) is 0 Å². The molecule has 2 unspecified atom stereocenters. The largest absolute Gasteiger partial charge is 0.489 e. The van der Waals surface area contributed by atoms with E-state index in [1.165, 1.54) is 0 Å². The van der Waals surface area contributed by atoms with Crippen molar-refractivity contribution < 1.29 is 23.8 Å². The van der Waals surface area contributed by atoms with Gasteiger partial charge in [0.2, 0.25) is 0 Å². The first-order valence-corrected chi connectivity index (χ1v) is 13.4. The molecular formula is C28H35BrN2O5. The van der Waals surface area contributed by atoms with Crippen LogP contribution in [0.2, 0.25) is 0 Å². The zero-order valence-corrected chi connectivity index (χ0v) is 22.7. The van der Waals surface area contributed by atoms with Crippen molar-refractivity contribution in [2.24, 2.45) is 0 Å². The van der Waals surface area contributed by atoms with Gasteiger partial charge in [0.25, 0.3) is 0 Å². The molecule has 2 amide bonds. The summed E-state index contributed by atoms with van der Waals surface area (Å²) in [5.74, 6) is 1.04. The molecule has 0 aliphatic heterocycles. The Hall–Kier alpha value is -2.74. The highest BCUT2D eigenvalue weighted by molar-refractivity contribution is 9.10. The second kappa shape index (κ2) is 11.5. The molecule has 2 N–H and O–H groups in total. The van der Waals surface area contributed by atoms with Crippen molar-refractivity contribution in [3.05, 3.63) is 64.1 Å². The van der Waals surface area contributed by atoms with Crippen LogP contribution < -0.4 is 15.4 Å². The highest BCUT2D eigenvalue weighted by Crippen LogP contribution is 2.43. The van der Waals surface area contributed by atoms with Crippen molar-refractivity contribution in [3.63, 3.8) is 0 Å². The summed E-state index contributed by atoms with van der Waals surface area (Å²) < 4.78 is 17.9. The van der Waals surface area contributed by atoms with Crippen LogP contribution in [0.4, 0.5) is 9.59 Å². The minimum Gasteiger partial charge on any atom is -0.489 e. The van der Waals surface area contributed by atoms with Crippen LogP contribution in [0.25, 0.3) is 0 Å². The van der Waals surface area contributed by atoms with E-state index in [0.29, 0.717) is 6.61 Å². The van der Waals surface area contributed by atoms with Crippen molar-refractivity contribution in [3.8, 4) is 5.75 Å². The van der Waals surface area contributed by atoms with Crippen molar-refractivity contribution in [2.75, 3.05) is 0 Å². The second-order valence-electron chi connectivity index (χ2n) is 10.6. The lowest BCUT2D eigenvalue weighted by atomic mass is 9.91. The topological polar surface area (TPSA) is 85.9 Å². The number of hydrogen-bond donors (Lipinski definition) is 2. The molecule has 8 heteroatoms. The Kier molecular flexibility index (Phi) is 8.44. The minimum absolute atomic E-state index is 0.0630. The fourth-order valence-electron chi connectivity index (χ4n) is 4.45. The van der Waals surface area contributed by atoms with Gasteiger partial charge in [0, 0.05) is 22.5 Å². The van der Waals surface area contributed by atoms with E-state index in [1.54, 1.807) is 0 Å². The van der Waals surface area contributed by atoms with Crippen LogP contribution in [-0.4, -0.2) is 36.0 Å². The molecule has 0 spiro atoms. The van der Waals surface area contributed by atoms with Crippen molar-refractivity contribution in [1.82, 2.24) is 10.6 Å². The second-order valence-corrected chi connectivity index (χ2v) is 11.5. The van der Waals surface area contributed by atoms with E-state index in [4.69, 9.17) is 14.2 Å². The molecule has 2 saturated carbocycles. The van der Waals surface area contributed by atoms with Crippen LogP contribution in [0.5, 0.6) is 5.75 Å². The number of halogens is 1. The fourth-order valence-corrected chi connectivity index (χ4v) is 4.90. The zero-order chi connectivity index (χ0) is 25.7. The summed E-state index contributed by atoms with van der Waals surface area (Å²) in [7, 11) is 0. The number of alkyl carbamates (subject to hydrolysis) is 2. The van der Waals surface area contributed by atoms with Crippen LogP contribution in [-0.2, 0) is 16.1 Å². The van der Waals surface area contributed by atoms with E-state index in [1.807, 2.05) is 69.3 Å². The van der Waals surface area contributed by atoms with Crippen LogP contribution in [0.3, 0.4) is 0 Å². The predicted octanol–water partition coefficient (Wildman–Crippen LogP) is 6.45. The van der Waals surface area contributed by atoms with E-state index < -0.39 is 5.60 Å². The molecule has 194 valence electrons. The van der Waals surface area contributed by atoms with Crippen molar-refractivity contribution in [2.45, 2.75) is 89.2 Å². The fraction of sp³-hybridized carbons (Fsp3) is 0.500. The Bertz CT molecular complexity index is 1040. The summed E-state index contributed by atoms with van der Waals surface area (Å²) in [5.41, 5.74) is 1.74. The lowest BCUT2D eigenvalue weighted by molar-refractivity contribution is 0.0488. The normalized spacial score (nSPS) is 23.3. The average molecular weight is 560 g/mol. The summed E-state index contributed by atoms with van der Waals surface area (Å²) in [6.07, 6.45) is 3.18. The molecule has 2 fully saturated rings. The maximum atomic E-state index is 12.4. The molecular weight excluding hydrogens is 524 g/mol. The number of nitrogens with one attached hydrogen (secondary N) is 2. The number of rotatable bonds is 7. The lowest BCUT2D eigenvalue weighted by Crippen LogP contribution is -2.45. The van der Waals surface area contributed by atoms with Crippen LogP contribution >= 0.6 is 15.9 Å². The molecule has 2 aromatic carbocycles. The molecule has 2 aromatic rings. The number of carbonyl (C=O) groups is 2. The molecule has 7 nitrogen and oxygen atoms in total. The van der Waals surface area contributed by atoms with Gasteiger partial charge in [0.1, 0.15) is 24.1 Å². The molecule has 0 heterocycles. The Morgan fingerprint density at radius 2 is 1.58 bits per heavy atom. The summed E-state index contributed by atoms with van der Waals surface area (Å²) in [6.45, 7) is 6.05. The Morgan fingerprint density at radius 3 is 2.19 bits per heavy atom. The maximum absolute atomic E-state index is 12.4. The Balaban J connectivity index is 1.14. The monoisotopic (exact) mass is 558 g/mol. The highest BCUT2D eigenvalue weighted by atomic mass is 79.9. The van der Waals surface area contributed by atoms with Crippen LogP contribution in [0.15, 0.2) is 53.0 Å². The van der Waals surface area contributed by atoms with Crippen molar-refractivity contribution in [1.29, 1.82) is 0 Å². The third-order valence-corrected chi connectivity index (χ3v) is 6.86. The van der Waals surface area contributed by atoms with E-state index in [-0.39, 0.29) is 36.3 Å². The number of ether oxygens (including phenoxy) is 3. The third kappa shape index (κ3) is 8.15. The summed E-state index contributed by atoms with van der Waals surface area (Å²) in [6, 6.07) is 16.2. The predicted molar refractivity (Wildman–Crippen MR) is 141 cm³/mol. The molecule has 2 aliphatic rings. The molecule has 0 aromatic heterocycles. The van der Waals surface area contributed by atoms with Crippen LogP contribution in [0.1, 0.15) is 69.9 Å². The first-order chi connectivity index (χ1) is 17.1. The van der Waals surface area contributed by atoms with E-state index in [0.717, 1.165) is 53.5 Å². The molecule has 36 heavy (non-hydrogen) atoms. The smallest absolute Gasteiger partial charge is 0.407 e. The molecule has 2 aliphatic carbocycles. The minimum atomic E-state index is -0.511. The van der Waals surface area contributed by atoms with E-state index >= 15 is 0 Å². The van der Waals surface area contributed by atoms with Gasteiger partial charge in [-0.15, -0.1) is 0 Å². The SMILES string of the molecule is CC(C)(C)OC(=O)NC1CCC(NC(=O)OC2CC2c2ccc(OCc3cccc(Br)c3)cc2)CC1. The van der Waals surface area contributed by atoms with Gasteiger partial charge in [-0.25, -0.2) is 9.59 Å². The molecule has 0 radical (unpaired) electrons. The van der Waals surface area contributed by atoms with Gasteiger partial charge in [-0.1, -0.05) is 40.2 Å². The van der Waals surface area contributed by atoms with Gasteiger partial charge in [-0.3, -0.25) is 0 Å². The highest BCUT2D eigenvalue weighted by Gasteiger charge is 2.42. The van der Waals surface area contributed by atoms with E-state index in [2.05, 4.69) is 26.6 Å². The van der Waals surface area contributed by atoms with E-state index in [9.17, 15) is 9.59 Å². The number of carbonyl (C=O) groups excluding carboxylic acids is 2. The summed E-state index contributed by atoms with van der Waals surface area (Å²) in [4.78, 5) is 24.4. The first-order valence-electron chi connectivity index (χ1n) is 12.6. The zero-order valence-electron chi connectivity index (χ0n) is 21.1. The number of amides is 2. The number of hydrogen-bond acceptors (Lipinski definition) is 5. The van der Waals surface area contributed by atoms with Crippen molar-refractivity contribution >= 4 is 28.1 Å². The van der Waals surface area contributed by atoms with Gasteiger partial charge >= 0.3 is 12.2 Å². The molecule has 2 atom stereocenters. The molecule has 0 bridgehead atoms. The van der Waals surface area contributed by atoms with Gasteiger partial charge in [0.05, 0.1) is 0 Å². The Labute approximate surface area is 221 Å². The summed E-state index contributed by atoms with van der Waals surface area (Å²) >= 11 is 3.48. The van der Waals surface area contributed by atoms with Gasteiger partial charge in [-0.05, 0) is 88.3 Å².